The first-order valence-electron chi connectivity index (χ1n) is 7.51. The Morgan fingerprint density at radius 3 is 2.38 bits per heavy atom. The maximum absolute atomic E-state index is 6.01. The Balaban J connectivity index is 1.97. The first-order valence-corrected chi connectivity index (χ1v) is 7.88. The Labute approximate surface area is 132 Å². The summed E-state index contributed by atoms with van der Waals surface area (Å²) < 4.78 is 0. The monoisotopic (exact) mass is 302 g/mol. The standard InChI is InChI=1S/C18H23ClN2/c1-3-21(4-2)14-16-8-6-10-18(12-16)20-13-15-7-5-9-17(19)11-15/h5-12,20H,3-4,13-14H2,1-2H3. The highest BCUT2D eigenvalue weighted by molar-refractivity contribution is 6.30. The Kier molecular flexibility index (Phi) is 6.09. The normalized spacial score (nSPS) is 10.9. The molecule has 1 N–H and O–H groups in total. The lowest BCUT2D eigenvalue weighted by Crippen LogP contribution is -2.22. The molecule has 0 amide bonds. The van der Waals surface area contributed by atoms with Gasteiger partial charge in [-0.15, -0.1) is 0 Å². The molecule has 0 atom stereocenters. The zero-order valence-electron chi connectivity index (χ0n) is 12.8. The maximum Gasteiger partial charge on any atom is 0.0409 e. The second-order valence-electron chi connectivity index (χ2n) is 5.15. The number of anilines is 1. The van der Waals surface area contributed by atoms with Gasteiger partial charge in [-0.3, -0.25) is 4.90 Å². The van der Waals surface area contributed by atoms with Crippen LogP contribution in [0.1, 0.15) is 25.0 Å². The Morgan fingerprint density at radius 1 is 0.952 bits per heavy atom. The number of halogens is 1. The summed E-state index contributed by atoms with van der Waals surface area (Å²) in [5, 5.41) is 4.24. The predicted molar refractivity (Wildman–Crippen MR) is 91.8 cm³/mol. The van der Waals surface area contributed by atoms with Gasteiger partial charge in [0.25, 0.3) is 0 Å². The molecule has 3 heteroatoms. The van der Waals surface area contributed by atoms with E-state index in [9.17, 15) is 0 Å². The van der Waals surface area contributed by atoms with Gasteiger partial charge in [0.1, 0.15) is 0 Å². The second kappa shape index (κ2) is 8.06. The molecule has 2 aromatic carbocycles. The summed E-state index contributed by atoms with van der Waals surface area (Å²) in [7, 11) is 0. The molecule has 0 aliphatic rings. The minimum absolute atomic E-state index is 0.782. The summed E-state index contributed by atoms with van der Waals surface area (Å²) in [5.41, 5.74) is 3.69. The molecule has 0 bridgehead atoms. The van der Waals surface area contributed by atoms with Crippen molar-refractivity contribution in [2.24, 2.45) is 0 Å². The van der Waals surface area contributed by atoms with Crippen molar-refractivity contribution in [1.29, 1.82) is 0 Å². The molecule has 0 heterocycles. The smallest absolute Gasteiger partial charge is 0.0409 e. The van der Waals surface area contributed by atoms with Crippen LogP contribution in [0, 0.1) is 0 Å². The fraction of sp³-hybridized carbons (Fsp3) is 0.333. The maximum atomic E-state index is 6.01. The largest absolute Gasteiger partial charge is 0.381 e. The molecule has 0 aliphatic carbocycles. The number of hydrogen-bond acceptors (Lipinski definition) is 2. The number of hydrogen-bond donors (Lipinski definition) is 1. The summed E-state index contributed by atoms with van der Waals surface area (Å²) in [6.45, 7) is 8.35. The van der Waals surface area contributed by atoms with Crippen molar-refractivity contribution in [2.45, 2.75) is 26.9 Å². The third-order valence-corrected chi connectivity index (χ3v) is 3.85. The highest BCUT2D eigenvalue weighted by Crippen LogP contribution is 2.15. The zero-order chi connectivity index (χ0) is 15.1. The van der Waals surface area contributed by atoms with Gasteiger partial charge < -0.3 is 5.32 Å². The number of benzene rings is 2. The highest BCUT2D eigenvalue weighted by atomic mass is 35.5. The van der Waals surface area contributed by atoms with E-state index in [-0.39, 0.29) is 0 Å². The van der Waals surface area contributed by atoms with Gasteiger partial charge in [0.15, 0.2) is 0 Å². The van der Waals surface area contributed by atoms with E-state index >= 15 is 0 Å². The van der Waals surface area contributed by atoms with Crippen LogP contribution in [-0.4, -0.2) is 18.0 Å². The summed E-state index contributed by atoms with van der Waals surface area (Å²) in [6, 6.07) is 16.6. The van der Waals surface area contributed by atoms with Crippen molar-refractivity contribution in [3.63, 3.8) is 0 Å². The van der Waals surface area contributed by atoms with E-state index in [1.807, 2.05) is 18.2 Å². The zero-order valence-corrected chi connectivity index (χ0v) is 13.5. The Morgan fingerprint density at radius 2 is 1.67 bits per heavy atom. The van der Waals surface area contributed by atoms with Crippen LogP contribution in [0.5, 0.6) is 0 Å². The van der Waals surface area contributed by atoms with E-state index in [1.54, 1.807) is 0 Å². The van der Waals surface area contributed by atoms with Crippen molar-refractivity contribution in [1.82, 2.24) is 4.90 Å². The van der Waals surface area contributed by atoms with Gasteiger partial charge in [-0.25, -0.2) is 0 Å². The van der Waals surface area contributed by atoms with E-state index < -0.39 is 0 Å². The third kappa shape index (κ3) is 5.07. The molecule has 0 saturated carbocycles. The van der Waals surface area contributed by atoms with Crippen LogP contribution in [-0.2, 0) is 13.1 Å². The van der Waals surface area contributed by atoms with Gasteiger partial charge in [-0.05, 0) is 48.5 Å². The molecule has 2 rings (SSSR count). The van der Waals surface area contributed by atoms with Crippen molar-refractivity contribution in [3.05, 3.63) is 64.7 Å². The van der Waals surface area contributed by atoms with Crippen LogP contribution < -0.4 is 5.32 Å². The van der Waals surface area contributed by atoms with E-state index in [1.165, 1.54) is 11.1 Å². The Hall–Kier alpha value is -1.51. The van der Waals surface area contributed by atoms with Gasteiger partial charge in [0.05, 0.1) is 0 Å². The van der Waals surface area contributed by atoms with Gasteiger partial charge in [0.2, 0.25) is 0 Å². The SMILES string of the molecule is CCN(CC)Cc1cccc(NCc2cccc(Cl)c2)c1. The number of rotatable bonds is 7. The molecule has 112 valence electrons. The third-order valence-electron chi connectivity index (χ3n) is 3.61. The lowest BCUT2D eigenvalue weighted by atomic mass is 10.1. The predicted octanol–water partition coefficient (Wildman–Crippen LogP) is 4.79. The van der Waals surface area contributed by atoms with E-state index in [0.717, 1.165) is 36.9 Å². The van der Waals surface area contributed by atoms with Gasteiger partial charge >= 0.3 is 0 Å². The van der Waals surface area contributed by atoms with Crippen LogP contribution in [0.25, 0.3) is 0 Å². The van der Waals surface area contributed by atoms with Crippen LogP contribution in [0.2, 0.25) is 5.02 Å². The molecule has 0 aromatic heterocycles. The minimum Gasteiger partial charge on any atom is -0.381 e. The van der Waals surface area contributed by atoms with Crippen LogP contribution >= 0.6 is 11.6 Å². The molecule has 0 aliphatic heterocycles. The first-order chi connectivity index (χ1) is 10.2. The molecule has 0 unspecified atom stereocenters. The van der Waals surface area contributed by atoms with Gasteiger partial charge in [0, 0.05) is 23.8 Å². The van der Waals surface area contributed by atoms with E-state index in [0.29, 0.717) is 0 Å². The number of nitrogens with zero attached hydrogens (tertiary/aromatic N) is 1. The minimum atomic E-state index is 0.782. The van der Waals surface area contributed by atoms with Gasteiger partial charge in [-0.1, -0.05) is 49.7 Å². The average molecular weight is 303 g/mol. The van der Waals surface area contributed by atoms with Crippen LogP contribution in [0.3, 0.4) is 0 Å². The molecule has 2 nitrogen and oxygen atoms in total. The Bertz CT molecular complexity index is 565. The summed E-state index contributed by atoms with van der Waals surface area (Å²) in [4.78, 5) is 2.41. The summed E-state index contributed by atoms with van der Waals surface area (Å²) in [6.07, 6.45) is 0. The summed E-state index contributed by atoms with van der Waals surface area (Å²) >= 11 is 6.01. The second-order valence-corrected chi connectivity index (χ2v) is 5.58. The molecular weight excluding hydrogens is 280 g/mol. The van der Waals surface area contributed by atoms with Crippen molar-refractivity contribution < 1.29 is 0 Å². The van der Waals surface area contributed by atoms with E-state index in [2.05, 4.69) is 54.4 Å². The fourth-order valence-corrected chi connectivity index (χ4v) is 2.55. The number of nitrogens with one attached hydrogen (secondary N) is 1. The average Bonchev–Trinajstić information content (AvgIpc) is 2.51. The lowest BCUT2D eigenvalue weighted by molar-refractivity contribution is 0.296. The van der Waals surface area contributed by atoms with Crippen molar-refractivity contribution >= 4 is 17.3 Å². The summed E-state index contributed by atoms with van der Waals surface area (Å²) in [5.74, 6) is 0. The highest BCUT2D eigenvalue weighted by Gasteiger charge is 2.02. The molecular formula is C18H23ClN2. The molecule has 0 radical (unpaired) electrons. The van der Waals surface area contributed by atoms with Gasteiger partial charge in [-0.2, -0.15) is 0 Å². The molecule has 21 heavy (non-hydrogen) atoms. The fourth-order valence-electron chi connectivity index (χ4n) is 2.34. The van der Waals surface area contributed by atoms with Crippen molar-refractivity contribution in [3.8, 4) is 0 Å². The topological polar surface area (TPSA) is 15.3 Å². The van der Waals surface area contributed by atoms with Crippen LogP contribution in [0.4, 0.5) is 5.69 Å². The molecule has 0 spiro atoms. The molecule has 0 saturated heterocycles. The van der Waals surface area contributed by atoms with Crippen molar-refractivity contribution in [2.75, 3.05) is 18.4 Å². The van der Waals surface area contributed by atoms with Crippen LogP contribution in [0.15, 0.2) is 48.5 Å². The first kappa shape index (κ1) is 15.9. The quantitative estimate of drug-likeness (QED) is 0.791. The molecule has 0 fully saturated rings. The van der Waals surface area contributed by atoms with E-state index in [4.69, 9.17) is 11.6 Å². The lowest BCUT2D eigenvalue weighted by Gasteiger charge is -2.18. The molecule has 2 aromatic rings.